The highest BCUT2D eigenvalue weighted by atomic mass is 16.5. The van der Waals surface area contributed by atoms with Gasteiger partial charge in [-0.3, -0.25) is 19.3 Å². The van der Waals surface area contributed by atoms with E-state index in [1.165, 1.54) is 0 Å². The molecule has 3 aromatic rings. The van der Waals surface area contributed by atoms with E-state index in [-0.39, 0.29) is 25.0 Å². The van der Waals surface area contributed by atoms with Crippen LogP contribution in [-0.2, 0) is 23.1 Å². The zero-order valence-corrected chi connectivity index (χ0v) is 17.9. The van der Waals surface area contributed by atoms with E-state index >= 15 is 0 Å². The Bertz CT molecular complexity index is 1080. The number of aliphatic hydroxyl groups excluding tert-OH is 1. The van der Waals surface area contributed by atoms with Gasteiger partial charge in [0.05, 0.1) is 12.6 Å². The molecule has 4 rings (SSSR count). The zero-order valence-electron chi connectivity index (χ0n) is 17.9. The highest BCUT2D eigenvalue weighted by molar-refractivity contribution is 6.02. The first-order valence-electron chi connectivity index (χ1n) is 10.3. The highest BCUT2D eigenvalue weighted by Crippen LogP contribution is 2.31. The van der Waals surface area contributed by atoms with Crippen LogP contribution in [0.5, 0.6) is 0 Å². The number of hydrogen-bond acceptors (Lipinski definition) is 6. The zero-order chi connectivity index (χ0) is 22.7. The lowest BCUT2D eigenvalue weighted by Crippen LogP contribution is -2.52. The van der Waals surface area contributed by atoms with E-state index in [4.69, 9.17) is 4.74 Å². The van der Waals surface area contributed by atoms with Crippen LogP contribution in [0.15, 0.2) is 54.9 Å². The van der Waals surface area contributed by atoms with Gasteiger partial charge in [0.1, 0.15) is 12.7 Å². The summed E-state index contributed by atoms with van der Waals surface area (Å²) in [5.74, 6) is -0.476. The van der Waals surface area contributed by atoms with Crippen LogP contribution in [0, 0.1) is 6.92 Å². The Morgan fingerprint density at radius 3 is 2.69 bits per heavy atom. The van der Waals surface area contributed by atoms with Gasteiger partial charge in [-0.15, -0.1) is 0 Å². The Balaban J connectivity index is 1.48. The number of amides is 2. The Kier molecular flexibility index (Phi) is 6.29. The Labute approximate surface area is 185 Å². The first-order chi connectivity index (χ1) is 15.5. The minimum absolute atomic E-state index is 0.0705. The minimum atomic E-state index is -0.534. The molecule has 0 unspecified atom stereocenters. The Hall–Kier alpha value is -3.56. The number of anilines is 1. The topological polar surface area (TPSA) is 110 Å². The van der Waals surface area contributed by atoms with Crippen LogP contribution < -0.4 is 5.32 Å². The molecule has 1 saturated heterocycles. The number of morpholine rings is 1. The maximum Gasteiger partial charge on any atom is 0.276 e. The molecule has 32 heavy (non-hydrogen) atoms. The molecule has 1 fully saturated rings. The molecule has 0 radical (unpaired) electrons. The van der Waals surface area contributed by atoms with Gasteiger partial charge >= 0.3 is 0 Å². The van der Waals surface area contributed by atoms with Crippen molar-refractivity contribution in [1.82, 2.24) is 19.7 Å². The summed E-state index contributed by atoms with van der Waals surface area (Å²) >= 11 is 0. The normalized spacial score (nSPS) is 18.6. The number of nitrogens with one attached hydrogen (secondary N) is 1. The summed E-state index contributed by atoms with van der Waals surface area (Å²) in [7, 11) is 1.78. The van der Waals surface area contributed by atoms with Crippen LogP contribution in [-0.4, -0.2) is 55.8 Å². The lowest BCUT2D eigenvalue weighted by Gasteiger charge is -2.40. The van der Waals surface area contributed by atoms with Crippen LogP contribution >= 0.6 is 0 Å². The van der Waals surface area contributed by atoms with Crippen LogP contribution in [0.3, 0.4) is 0 Å². The van der Waals surface area contributed by atoms with Crippen LogP contribution in [0.2, 0.25) is 0 Å². The molecule has 3 heterocycles. The maximum atomic E-state index is 12.5. The second-order valence-electron chi connectivity index (χ2n) is 7.74. The molecule has 1 aliphatic rings. The van der Waals surface area contributed by atoms with Crippen LogP contribution in [0.1, 0.15) is 33.4 Å². The van der Waals surface area contributed by atoms with Gasteiger partial charge in [0, 0.05) is 37.4 Å². The number of rotatable bonds is 6. The first kappa shape index (κ1) is 21.7. The maximum absolute atomic E-state index is 12.5. The van der Waals surface area contributed by atoms with E-state index in [0.29, 0.717) is 17.9 Å². The molecule has 0 bridgehead atoms. The molecule has 2 amide bonds. The second kappa shape index (κ2) is 9.29. The summed E-state index contributed by atoms with van der Waals surface area (Å²) in [6.07, 6.45) is 2.89. The number of carbonyl (C=O) groups excluding carboxylic acids is 2. The number of carbonyl (C=O) groups is 2. The fourth-order valence-electron chi connectivity index (χ4n) is 3.73. The van der Waals surface area contributed by atoms with E-state index in [0.717, 1.165) is 16.8 Å². The lowest BCUT2D eigenvalue weighted by molar-refractivity contribution is -0.162. The van der Waals surface area contributed by atoms with Crippen molar-refractivity contribution in [1.29, 1.82) is 0 Å². The molecule has 0 spiro atoms. The van der Waals surface area contributed by atoms with Crippen molar-refractivity contribution in [3.8, 4) is 0 Å². The summed E-state index contributed by atoms with van der Waals surface area (Å²) < 4.78 is 7.43. The van der Waals surface area contributed by atoms with Crippen molar-refractivity contribution >= 4 is 17.5 Å². The Morgan fingerprint density at radius 1 is 1.28 bits per heavy atom. The number of aliphatic hydroxyl groups is 1. The van der Waals surface area contributed by atoms with E-state index in [1.807, 2.05) is 31.2 Å². The molecule has 1 aliphatic heterocycles. The van der Waals surface area contributed by atoms with Gasteiger partial charge in [0.15, 0.2) is 5.69 Å². The number of aromatic nitrogens is 3. The van der Waals surface area contributed by atoms with E-state index in [2.05, 4.69) is 15.4 Å². The molecular weight excluding hydrogens is 410 g/mol. The van der Waals surface area contributed by atoms with E-state index in [1.54, 1.807) is 47.2 Å². The van der Waals surface area contributed by atoms with E-state index < -0.39 is 12.1 Å². The van der Waals surface area contributed by atoms with Crippen molar-refractivity contribution in [2.75, 3.05) is 18.5 Å². The van der Waals surface area contributed by atoms with Crippen molar-refractivity contribution in [2.24, 2.45) is 7.05 Å². The molecule has 2 N–H and O–H groups in total. The predicted octanol–water partition coefficient (Wildman–Crippen LogP) is 1.84. The van der Waals surface area contributed by atoms with Gasteiger partial charge in [0.25, 0.3) is 5.91 Å². The van der Waals surface area contributed by atoms with Gasteiger partial charge in [-0.25, -0.2) is 0 Å². The van der Waals surface area contributed by atoms with Gasteiger partial charge in [-0.2, -0.15) is 5.10 Å². The van der Waals surface area contributed by atoms with Crippen LogP contribution in [0.4, 0.5) is 5.69 Å². The number of hydrogen-bond donors (Lipinski definition) is 2. The van der Waals surface area contributed by atoms with Crippen molar-refractivity contribution < 1.29 is 19.4 Å². The fourth-order valence-corrected chi connectivity index (χ4v) is 3.73. The first-order valence-corrected chi connectivity index (χ1v) is 10.3. The third-order valence-corrected chi connectivity index (χ3v) is 5.56. The molecule has 166 valence electrons. The minimum Gasteiger partial charge on any atom is -0.394 e. The molecule has 1 aromatic carbocycles. The smallest absolute Gasteiger partial charge is 0.276 e. The molecule has 0 saturated carbocycles. The highest BCUT2D eigenvalue weighted by Gasteiger charge is 2.37. The average molecular weight is 435 g/mol. The summed E-state index contributed by atoms with van der Waals surface area (Å²) in [6, 6.07) is 12.1. The SMILES string of the molecule is Cc1cc(C(=O)Nc2ccc([C@H]3OCC(=O)N(Cc4cccnc4)[C@@H]3CO)cc2)nn1C. The molecule has 0 aliphatic carbocycles. The third-order valence-electron chi connectivity index (χ3n) is 5.56. The fraction of sp³-hybridized carbons (Fsp3) is 0.304. The monoisotopic (exact) mass is 435 g/mol. The molecule has 2 atom stereocenters. The van der Waals surface area contributed by atoms with Gasteiger partial charge in [-0.05, 0) is 42.3 Å². The van der Waals surface area contributed by atoms with Gasteiger partial charge in [0.2, 0.25) is 5.91 Å². The number of aryl methyl sites for hydroxylation is 2. The quantitative estimate of drug-likeness (QED) is 0.611. The Morgan fingerprint density at radius 2 is 2.06 bits per heavy atom. The van der Waals surface area contributed by atoms with Crippen molar-refractivity contribution in [3.05, 3.63) is 77.4 Å². The summed E-state index contributed by atoms with van der Waals surface area (Å²) in [6.45, 7) is 1.91. The van der Waals surface area contributed by atoms with Crippen molar-refractivity contribution in [2.45, 2.75) is 25.6 Å². The molecule has 2 aromatic heterocycles. The second-order valence-corrected chi connectivity index (χ2v) is 7.74. The van der Waals surface area contributed by atoms with E-state index in [9.17, 15) is 14.7 Å². The number of ether oxygens (including phenoxy) is 1. The predicted molar refractivity (Wildman–Crippen MR) is 117 cm³/mol. The largest absolute Gasteiger partial charge is 0.394 e. The van der Waals surface area contributed by atoms with Gasteiger partial charge < -0.3 is 20.1 Å². The number of pyridine rings is 1. The van der Waals surface area contributed by atoms with Crippen LogP contribution in [0.25, 0.3) is 0 Å². The molecular formula is C23H25N5O4. The average Bonchev–Trinajstić information content (AvgIpc) is 3.15. The lowest BCUT2D eigenvalue weighted by atomic mass is 9.98. The third kappa shape index (κ3) is 4.53. The number of benzene rings is 1. The summed E-state index contributed by atoms with van der Waals surface area (Å²) in [5.41, 5.74) is 3.53. The summed E-state index contributed by atoms with van der Waals surface area (Å²) in [5, 5.41) is 17.1. The number of nitrogens with zero attached hydrogens (tertiary/aromatic N) is 4. The van der Waals surface area contributed by atoms with Crippen molar-refractivity contribution in [3.63, 3.8) is 0 Å². The standard InChI is InChI=1S/C23H25N5O4/c1-15-10-19(26-27(15)2)23(31)25-18-7-5-17(6-8-18)22-20(13-29)28(21(30)14-32-22)12-16-4-3-9-24-11-16/h3-11,20,22,29H,12-14H2,1-2H3,(H,25,31)/t20-,22-/m1/s1. The van der Waals surface area contributed by atoms with Gasteiger partial charge in [-0.1, -0.05) is 18.2 Å². The molecule has 9 nitrogen and oxygen atoms in total. The molecule has 9 heteroatoms. The summed E-state index contributed by atoms with van der Waals surface area (Å²) in [4.78, 5) is 30.6.